The van der Waals surface area contributed by atoms with Gasteiger partial charge in [0, 0.05) is 31.5 Å². The second-order valence-corrected chi connectivity index (χ2v) is 7.88. The highest BCUT2D eigenvalue weighted by molar-refractivity contribution is 6.05. The fourth-order valence-electron chi connectivity index (χ4n) is 3.63. The van der Waals surface area contributed by atoms with Crippen molar-refractivity contribution < 1.29 is 14.3 Å². The van der Waals surface area contributed by atoms with Crippen molar-refractivity contribution in [3.8, 4) is 17.2 Å². The fraction of sp³-hybridized carbons (Fsp3) is 0.154. The van der Waals surface area contributed by atoms with Crippen LogP contribution in [0.2, 0.25) is 0 Å². The summed E-state index contributed by atoms with van der Waals surface area (Å²) in [6.45, 7) is 4.05. The molecule has 0 aliphatic rings. The van der Waals surface area contributed by atoms with Crippen LogP contribution >= 0.6 is 0 Å². The van der Waals surface area contributed by atoms with E-state index in [4.69, 9.17) is 4.74 Å². The summed E-state index contributed by atoms with van der Waals surface area (Å²) < 4.78 is 8.95. The van der Waals surface area contributed by atoms with Crippen molar-refractivity contribution in [3.05, 3.63) is 94.5 Å². The minimum absolute atomic E-state index is 0.0746. The smallest absolute Gasteiger partial charge is 0.320 e. The molecule has 0 aliphatic heterocycles. The molecule has 0 saturated carbocycles. The molecule has 2 aromatic carbocycles. The molecule has 184 valence electrons. The Morgan fingerprint density at radius 3 is 2.39 bits per heavy atom. The first-order valence-corrected chi connectivity index (χ1v) is 11.3. The molecule has 10 heteroatoms. The number of carbonyl (C=O) groups is 2. The zero-order valence-electron chi connectivity index (χ0n) is 20.1. The normalized spacial score (nSPS) is 10.5. The molecule has 0 saturated heterocycles. The predicted molar refractivity (Wildman–Crippen MR) is 137 cm³/mol. The predicted octanol–water partition coefficient (Wildman–Crippen LogP) is 4.07. The van der Waals surface area contributed by atoms with Crippen molar-refractivity contribution in [1.29, 1.82) is 0 Å². The van der Waals surface area contributed by atoms with E-state index in [0.717, 1.165) is 0 Å². The van der Waals surface area contributed by atoms with Gasteiger partial charge in [-0.05, 0) is 56.3 Å². The lowest BCUT2D eigenvalue weighted by Gasteiger charge is -2.09. The van der Waals surface area contributed by atoms with Gasteiger partial charge in [-0.3, -0.25) is 19.6 Å². The first-order chi connectivity index (χ1) is 17.4. The molecule has 0 unspecified atom stereocenters. The van der Waals surface area contributed by atoms with Crippen LogP contribution in [0.1, 0.15) is 23.0 Å². The second-order valence-electron chi connectivity index (χ2n) is 7.88. The third-order valence-corrected chi connectivity index (χ3v) is 5.44. The molecule has 3 N–H and O–H groups in total. The topological polar surface area (TPSA) is 119 Å². The minimum Gasteiger partial charge on any atom is -0.457 e. The Labute approximate surface area is 207 Å². The van der Waals surface area contributed by atoms with Crippen LogP contribution in [0, 0.1) is 6.92 Å². The van der Waals surface area contributed by atoms with Crippen LogP contribution in [0.5, 0.6) is 11.5 Å². The molecule has 0 bridgehead atoms. The van der Waals surface area contributed by atoms with Crippen LogP contribution in [0.4, 0.5) is 16.3 Å². The summed E-state index contributed by atoms with van der Waals surface area (Å²) in [7, 11) is 1.74. The number of rotatable bonds is 7. The third-order valence-electron chi connectivity index (χ3n) is 5.44. The molecule has 10 nitrogen and oxygen atoms in total. The van der Waals surface area contributed by atoms with Gasteiger partial charge in [0.15, 0.2) is 0 Å². The maximum Gasteiger partial charge on any atom is 0.320 e. The Morgan fingerprint density at radius 2 is 1.69 bits per heavy atom. The molecule has 36 heavy (non-hydrogen) atoms. The van der Waals surface area contributed by atoms with Gasteiger partial charge in [0.2, 0.25) is 0 Å². The standard InChI is InChI=1S/C26H26N6O4/c1-4-27-26(35)30-22-16-21(14-15-28-22)36-20-12-10-18(11-13-20)29-24(33)23-17(2)31(3)32(25(23)34)19-8-6-5-7-9-19/h5-16H,4H2,1-3H3,(H,29,33)(H2,27,28,30,35). The Kier molecular flexibility index (Phi) is 7.15. The fourth-order valence-corrected chi connectivity index (χ4v) is 3.63. The monoisotopic (exact) mass is 486 g/mol. The highest BCUT2D eigenvalue weighted by Crippen LogP contribution is 2.24. The largest absolute Gasteiger partial charge is 0.457 e. The Balaban J connectivity index is 1.46. The summed E-state index contributed by atoms with van der Waals surface area (Å²) in [5.74, 6) is 0.855. The van der Waals surface area contributed by atoms with Crippen LogP contribution in [0.25, 0.3) is 5.69 Å². The number of ether oxygens (including phenoxy) is 1. The van der Waals surface area contributed by atoms with E-state index in [2.05, 4.69) is 20.9 Å². The van der Waals surface area contributed by atoms with E-state index in [1.807, 2.05) is 37.3 Å². The zero-order chi connectivity index (χ0) is 25.7. The van der Waals surface area contributed by atoms with Crippen molar-refractivity contribution in [2.75, 3.05) is 17.2 Å². The van der Waals surface area contributed by atoms with Gasteiger partial charge in [0.1, 0.15) is 22.9 Å². The van der Waals surface area contributed by atoms with E-state index >= 15 is 0 Å². The molecule has 2 aromatic heterocycles. The number of benzene rings is 2. The van der Waals surface area contributed by atoms with Crippen molar-refractivity contribution in [2.45, 2.75) is 13.8 Å². The summed E-state index contributed by atoms with van der Waals surface area (Å²) in [6, 6.07) is 18.8. The van der Waals surface area contributed by atoms with Gasteiger partial charge in [-0.1, -0.05) is 18.2 Å². The highest BCUT2D eigenvalue weighted by Gasteiger charge is 2.22. The summed E-state index contributed by atoms with van der Waals surface area (Å²) in [4.78, 5) is 41.8. The van der Waals surface area contributed by atoms with Gasteiger partial charge >= 0.3 is 6.03 Å². The van der Waals surface area contributed by atoms with Crippen molar-refractivity contribution in [3.63, 3.8) is 0 Å². The molecule has 0 aliphatic carbocycles. The van der Waals surface area contributed by atoms with Gasteiger partial charge in [-0.25, -0.2) is 14.5 Å². The maximum absolute atomic E-state index is 13.1. The number of pyridine rings is 1. The number of hydrogen-bond donors (Lipinski definition) is 3. The van der Waals surface area contributed by atoms with Crippen LogP contribution in [-0.2, 0) is 7.05 Å². The number of nitrogens with zero attached hydrogens (tertiary/aromatic N) is 3. The van der Waals surface area contributed by atoms with Crippen molar-refractivity contribution in [2.24, 2.45) is 7.05 Å². The molecule has 0 spiro atoms. The Bertz CT molecular complexity index is 1440. The lowest BCUT2D eigenvalue weighted by molar-refractivity contribution is 0.102. The number of carbonyl (C=O) groups excluding carboxylic acids is 2. The number of hydrogen-bond acceptors (Lipinski definition) is 5. The second kappa shape index (κ2) is 10.6. The molecule has 0 atom stereocenters. The van der Waals surface area contributed by atoms with Crippen LogP contribution in [0.3, 0.4) is 0 Å². The Morgan fingerprint density at radius 1 is 0.972 bits per heavy atom. The molecule has 2 heterocycles. The van der Waals surface area contributed by atoms with Gasteiger partial charge in [-0.2, -0.15) is 0 Å². The van der Waals surface area contributed by atoms with Gasteiger partial charge < -0.3 is 15.4 Å². The molecule has 0 radical (unpaired) electrons. The summed E-state index contributed by atoms with van der Waals surface area (Å²) >= 11 is 0. The van der Waals surface area contributed by atoms with E-state index in [0.29, 0.717) is 40.9 Å². The van der Waals surface area contributed by atoms with E-state index in [1.54, 1.807) is 55.1 Å². The van der Waals surface area contributed by atoms with E-state index in [9.17, 15) is 14.4 Å². The number of para-hydroxylation sites is 1. The van der Waals surface area contributed by atoms with Crippen LogP contribution < -0.4 is 26.2 Å². The number of anilines is 2. The van der Waals surface area contributed by atoms with Crippen molar-refractivity contribution in [1.82, 2.24) is 19.7 Å². The van der Waals surface area contributed by atoms with E-state index < -0.39 is 11.5 Å². The molecule has 4 aromatic rings. The quantitative estimate of drug-likeness (QED) is 0.364. The van der Waals surface area contributed by atoms with Gasteiger partial charge in [0.25, 0.3) is 11.5 Å². The van der Waals surface area contributed by atoms with Crippen molar-refractivity contribution >= 4 is 23.4 Å². The minimum atomic E-state index is -0.494. The first-order valence-electron chi connectivity index (χ1n) is 11.3. The van der Waals surface area contributed by atoms with Crippen LogP contribution in [0.15, 0.2) is 77.7 Å². The zero-order valence-corrected chi connectivity index (χ0v) is 20.1. The molecule has 3 amide bonds. The molecular weight excluding hydrogens is 460 g/mol. The average molecular weight is 487 g/mol. The Hall–Kier alpha value is -4.86. The lowest BCUT2D eigenvalue weighted by Crippen LogP contribution is -2.28. The van der Waals surface area contributed by atoms with E-state index in [-0.39, 0.29) is 11.6 Å². The number of aromatic nitrogens is 3. The molecule has 4 rings (SSSR count). The molecular formula is C26H26N6O4. The number of urea groups is 1. The maximum atomic E-state index is 13.1. The number of amides is 3. The van der Waals surface area contributed by atoms with Crippen LogP contribution in [-0.4, -0.2) is 32.8 Å². The highest BCUT2D eigenvalue weighted by atomic mass is 16.5. The summed E-state index contributed by atoms with van der Waals surface area (Å²) in [5, 5.41) is 8.03. The van der Waals surface area contributed by atoms with E-state index in [1.165, 1.54) is 10.9 Å². The molecule has 0 fully saturated rings. The third kappa shape index (κ3) is 5.27. The first kappa shape index (κ1) is 24.3. The SMILES string of the molecule is CCNC(=O)Nc1cc(Oc2ccc(NC(=O)c3c(C)n(C)n(-c4ccccc4)c3=O)cc2)ccn1. The average Bonchev–Trinajstić information content (AvgIpc) is 3.09. The van der Waals surface area contributed by atoms with Gasteiger partial charge in [-0.15, -0.1) is 0 Å². The van der Waals surface area contributed by atoms with Gasteiger partial charge in [0.05, 0.1) is 11.4 Å². The number of nitrogens with one attached hydrogen (secondary N) is 3. The summed E-state index contributed by atoms with van der Waals surface area (Å²) in [5.41, 5.74) is 1.42. The lowest BCUT2D eigenvalue weighted by atomic mass is 10.2. The summed E-state index contributed by atoms with van der Waals surface area (Å²) in [6.07, 6.45) is 1.52.